The molecule has 5 nitrogen and oxygen atoms in total. The lowest BCUT2D eigenvalue weighted by Gasteiger charge is -2.09. The third-order valence-electron chi connectivity index (χ3n) is 2.62. The van der Waals surface area contributed by atoms with E-state index in [-0.39, 0.29) is 0 Å². The van der Waals surface area contributed by atoms with E-state index in [0.717, 1.165) is 17.8 Å². The topological polar surface area (TPSA) is 49.0 Å². The maximum Gasteiger partial charge on any atom is 0.0713 e. The molecule has 1 rings (SSSR count). The molecule has 0 heterocycles. The Labute approximate surface area is 121 Å². The molecular weight excluding hydrogens is 258 g/mol. The zero-order chi connectivity index (χ0) is 14.5. The molecule has 0 aliphatic carbocycles. The van der Waals surface area contributed by atoms with Crippen LogP contribution < -0.4 is 5.32 Å². The Morgan fingerprint density at radius 2 is 1.65 bits per heavy atom. The van der Waals surface area contributed by atoms with E-state index in [4.69, 9.17) is 18.9 Å². The van der Waals surface area contributed by atoms with Crippen LogP contribution in [0, 0.1) is 0 Å². The van der Waals surface area contributed by atoms with Crippen LogP contribution in [-0.4, -0.2) is 53.8 Å². The molecule has 0 fully saturated rings. The number of hydrogen-bond donors (Lipinski definition) is 1. The Balaban J connectivity index is 2.02. The summed E-state index contributed by atoms with van der Waals surface area (Å²) >= 11 is 0. The average molecular weight is 283 g/mol. The number of anilines is 1. The van der Waals surface area contributed by atoms with E-state index in [9.17, 15) is 0 Å². The van der Waals surface area contributed by atoms with E-state index in [2.05, 4.69) is 11.4 Å². The summed E-state index contributed by atoms with van der Waals surface area (Å²) < 4.78 is 20.7. The second-order valence-corrected chi connectivity index (χ2v) is 4.28. The van der Waals surface area contributed by atoms with Gasteiger partial charge < -0.3 is 24.3 Å². The zero-order valence-electron chi connectivity index (χ0n) is 12.4. The monoisotopic (exact) mass is 283 g/mol. The highest BCUT2D eigenvalue weighted by atomic mass is 16.5. The van der Waals surface area contributed by atoms with Crippen LogP contribution in [0.25, 0.3) is 0 Å². The molecule has 1 aromatic rings. The summed E-state index contributed by atoms with van der Waals surface area (Å²) in [5.74, 6) is 0. The molecule has 0 spiro atoms. The van der Waals surface area contributed by atoms with E-state index in [1.807, 2.05) is 18.2 Å². The van der Waals surface area contributed by atoms with Crippen molar-refractivity contribution in [2.45, 2.75) is 6.61 Å². The van der Waals surface area contributed by atoms with Crippen LogP contribution in [0.15, 0.2) is 24.3 Å². The van der Waals surface area contributed by atoms with Crippen molar-refractivity contribution >= 4 is 5.69 Å². The number of methoxy groups -OCH3 is 2. The van der Waals surface area contributed by atoms with E-state index in [1.165, 1.54) is 0 Å². The van der Waals surface area contributed by atoms with E-state index in [1.54, 1.807) is 14.2 Å². The molecule has 114 valence electrons. The van der Waals surface area contributed by atoms with Gasteiger partial charge in [0.1, 0.15) is 0 Å². The first-order valence-electron chi connectivity index (χ1n) is 6.83. The number of ether oxygens (including phenoxy) is 4. The summed E-state index contributed by atoms with van der Waals surface area (Å²) in [5.41, 5.74) is 2.24. The lowest BCUT2D eigenvalue weighted by atomic mass is 10.2. The van der Waals surface area contributed by atoms with Gasteiger partial charge in [-0.25, -0.2) is 0 Å². The van der Waals surface area contributed by atoms with Crippen molar-refractivity contribution in [2.75, 3.05) is 59.1 Å². The van der Waals surface area contributed by atoms with Crippen LogP contribution in [0.2, 0.25) is 0 Å². The van der Waals surface area contributed by atoms with Gasteiger partial charge in [0.05, 0.1) is 39.6 Å². The minimum Gasteiger partial charge on any atom is -0.383 e. The van der Waals surface area contributed by atoms with Crippen molar-refractivity contribution in [1.29, 1.82) is 0 Å². The van der Waals surface area contributed by atoms with Crippen LogP contribution in [0.1, 0.15) is 5.56 Å². The number of rotatable bonds is 12. The number of hydrogen-bond acceptors (Lipinski definition) is 5. The third kappa shape index (κ3) is 8.12. The van der Waals surface area contributed by atoms with Crippen molar-refractivity contribution in [2.24, 2.45) is 0 Å². The van der Waals surface area contributed by atoms with Crippen molar-refractivity contribution < 1.29 is 18.9 Å². The Morgan fingerprint density at radius 1 is 0.900 bits per heavy atom. The minimum absolute atomic E-state index is 0.604. The molecule has 0 amide bonds. The maximum absolute atomic E-state index is 5.46. The van der Waals surface area contributed by atoms with Gasteiger partial charge in [0.2, 0.25) is 0 Å². The molecule has 0 bridgehead atoms. The standard InChI is InChI=1S/C15H25NO4/c1-17-8-9-20-11-10-19-7-6-16-15-5-3-4-14(12-15)13-18-2/h3-5,12,16H,6-11,13H2,1-2H3. The van der Waals surface area contributed by atoms with Gasteiger partial charge >= 0.3 is 0 Å². The molecule has 0 aliphatic rings. The van der Waals surface area contributed by atoms with Crippen LogP contribution in [0.4, 0.5) is 5.69 Å². The highest BCUT2D eigenvalue weighted by Crippen LogP contribution is 2.10. The van der Waals surface area contributed by atoms with Crippen molar-refractivity contribution in [3.63, 3.8) is 0 Å². The summed E-state index contributed by atoms with van der Waals surface area (Å²) in [6.07, 6.45) is 0. The number of benzene rings is 1. The first-order valence-corrected chi connectivity index (χ1v) is 6.83. The Morgan fingerprint density at radius 3 is 2.40 bits per heavy atom. The Bertz CT molecular complexity index is 346. The second kappa shape index (κ2) is 11.7. The lowest BCUT2D eigenvalue weighted by molar-refractivity contribution is 0.0272. The minimum atomic E-state index is 0.604. The molecule has 0 atom stereocenters. The predicted octanol–water partition coefficient (Wildman–Crippen LogP) is 1.92. The first kappa shape index (κ1) is 16.9. The predicted molar refractivity (Wildman–Crippen MR) is 79.2 cm³/mol. The first-order chi connectivity index (χ1) is 9.86. The van der Waals surface area contributed by atoms with Gasteiger partial charge in [-0.1, -0.05) is 12.1 Å². The number of nitrogens with one attached hydrogen (secondary N) is 1. The summed E-state index contributed by atoms with van der Waals surface area (Å²) in [6, 6.07) is 8.17. The fourth-order valence-electron chi connectivity index (χ4n) is 1.67. The summed E-state index contributed by atoms with van der Waals surface area (Å²) in [7, 11) is 3.36. The van der Waals surface area contributed by atoms with Crippen molar-refractivity contribution in [3.05, 3.63) is 29.8 Å². The molecule has 0 aliphatic heterocycles. The molecule has 0 unspecified atom stereocenters. The normalized spacial score (nSPS) is 10.7. The van der Waals surface area contributed by atoms with Crippen molar-refractivity contribution in [1.82, 2.24) is 0 Å². The SMILES string of the molecule is COCCOCCOCCNc1cccc(COC)c1. The molecule has 0 radical (unpaired) electrons. The van der Waals surface area contributed by atoms with Crippen LogP contribution in [0.5, 0.6) is 0 Å². The van der Waals surface area contributed by atoms with E-state index >= 15 is 0 Å². The highest BCUT2D eigenvalue weighted by molar-refractivity contribution is 5.45. The van der Waals surface area contributed by atoms with E-state index in [0.29, 0.717) is 39.6 Å². The van der Waals surface area contributed by atoms with Gasteiger partial charge in [0.15, 0.2) is 0 Å². The molecule has 1 aromatic carbocycles. The van der Waals surface area contributed by atoms with Gasteiger partial charge in [0, 0.05) is 26.5 Å². The summed E-state index contributed by atoms with van der Waals surface area (Å²) in [6.45, 7) is 4.51. The molecule has 0 saturated carbocycles. The van der Waals surface area contributed by atoms with Crippen LogP contribution >= 0.6 is 0 Å². The second-order valence-electron chi connectivity index (χ2n) is 4.28. The fourth-order valence-corrected chi connectivity index (χ4v) is 1.67. The molecule has 0 saturated heterocycles. The maximum atomic E-state index is 5.46. The summed E-state index contributed by atoms with van der Waals surface area (Å²) in [4.78, 5) is 0. The van der Waals surface area contributed by atoms with E-state index < -0.39 is 0 Å². The molecule has 0 aromatic heterocycles. The lowest BCUT2D eigenvalue weighted by Crippen LogP contribution is -2.13. The largest absolute Gasteiger partial charge is 0.383 e. The van der Waals surface area contributed by atoms with Gasteiger partial charge in [-0.2, -0.15) is 0 Å². The van der Waals surface area contributed by atoms with Gasteiger partial charge in [0.25, 0.3) is 0 Å². The fraction of sp³-hybridized carbons (Fsp3) is 0.600. The van der Waals surface area contributed by atoms with Gasteiger partial charge in [-0.15, -0.1) is 0 Å². The average Bonchev–Trinajstić information content (AvgIpc) is 2.46. The van der Waals surface area contributed by atoms with Crippen LogP contribution in [0.3, 0.4) is 0 Å². The van der Waals surface area contributed by atoms with Crippen molar-refractivity contribution in [3.8, 4) is 0 Å². The summed E-state index contributed by atoms with van der Waals surface area (Å²) in [5, 5.41) is 3.31. The quantitative estimate of drug-likeness (QED) is 0.594. The smallest absolute Gasteiger partial charge is 0.0713 e. The van der Waals surface area contributed by atoms with Gasteiger partial charge in [-0.3, -0.25) is 0 Å². The van der Waals surface area contributed by atoms with Gasteiger partial charge in [-0.05, 0) is 17.7 Å². The highest BCUT2D eigenvalue weighted by Gasteiger charge is 1.95. The zero-order valence-corrected chi connectivity index (χ0v) is 12.4. The molecule has 20 heavy (non-hydrogen) atoms. The Hall–Kier alpha value is -1.14. The third-order valence-corrected chi connectivity index (χ3v) is 2.62. The Kier molecular flexibility index (Phi) is 9.87. The molecule has 5 heteroatoms. The molecular formula is C15H25NO4. The van der Waals surface area contributed by atoms with Crippen LogP contribution in [-0.2, 0) is 25.6 Å². The molecule has 1 N–H and O–H groups in total.